The Morgan fingerprint density at radius 1 is 1.71 bits per heavy atom. The lowest BCUT2D eigenvalue weighted by molar-refractivity contribution is -0.153. The number of hydrogen-bond donors (Lipinski definition) is 2. The lowest BCUT2D eigenvalue weighted by atomic mass is 10.1. The van der Waals surface area contributed by atoms with Crippen molar-refractivity contribution in [2.45, 2.75) is 12.0 Å². The van der Waals surface area contributed by atoms with Crippen LogP contribution in [-0.2, 0) is 9.53 Å². The van der Waals surface area contributed by atoms with Crippen molar-refractivity contribution in [1.29, 1.82) is 0 Å². The van der Waals surface area contributed by atoms with Gasteiger partial charge in [-0.3, -0.25) is 15.1 Å². The summed E-state index contributed by atoms with van der Waals surface area (Å²) < 4.78 is 30.8. The Morgan fingerprint density at radius 2 is 2.29 bits per heavy atom. The number of ether oxygens (including phenoxy) is 1. The van der Waals surface area contributed by atoms with Gasteiger partial charge in [-0.15, -0.1) is 0 Å². The van der Waals surface area contributed by atoms with Crippen LogP contribution in [0.25, 0.3) is 0 Å². The summed E-state index contributed by atoms with van der Waals surface area (Å²) in [4.78, 5) is 12.1. The van der Waals surface area contributed by atoms with Crippen LogP contribution in [0.5, 0.6) is 0 Å². The van der Waals surface area contributed by atoms with Crippen LogP contribution >= 0.6 is 0 Å². The van der Waals surface area contributed by atoms with Gasteiger partial charge in [-0.25, -0.2) is 5.84 Å². The molecule has 0 unspecified atom stereocenters. The fraction of sp³-hybridized carbons (Fsp3) is 0.857. The average Bonchev–Trinajstić information content (AvgIpc) is 2.09. The molecule has 0 bridgehead atoms. The third-order valence-electron chi connectivity index (χ3n) is 2.14. The maximum absolute atomic E-state index is 12.9. The molecule has 1 heterocycles. The molecule has 1 amide bonds. The van der Waals surface area contributed by atoms with Crippen LogP contribution in [0, 0.1) is 0 Å². The van der Waals surface area contributed by atoms with E-state index in [0.717, 1.165) is 0 Å². The molecule has 0 aromatic heterocycles. The van der Waals surface area contributed by atoms with Crippen LogP contribution in [-0.4, -0.2) is 49.6 Å². The molecule has 82 valence electrons. The first-order chi connectivity index (χ1) is 6.49. The molecule has 0 saturated carbocycles. The highest BCUT2D eigenvalue weighted by atomic mass is 19.3. The van der Waals surface area contributed by atoms with Crippen molar-refractivity contribution >= 4 is 5.91 Å². The molecule has 0 radical (unpaired) electrons. The summed E-state index contributed by atoms with van der Waals surface area (Å²) in [6.45, 7) is 0.226. The van der Waals surface area contributed by atoms with E-state index in [2.05, 4.69) is 5.84 Å². The number of nitrogens with zero attached hydrogens (tertiary/aromatic N) is 1. The normalized spacial score (nSPS) is 19.1. The van der Waals surface area contributed by atoms with Gasteiger partial charge in [-0.2, -0.15) is 8.78 Å². The van der Waals surface area contributed by atoms with Gasteiger partial charge >= 0.3 is 11.8 Å². The Kier molecular flexibility index (Phi) is 3.35. The maximum atomic E-state index is 12.9. The Morgan fingerprint density at radius 3 is 2.71 bits per heavy atom. The number of methoxy groups -OCH3 is 1. The summed E-state index contributed by atoms with van der Waals surface area (Å²) >= 11 is 0. The third-order valence-corrected chi connectivity index (χ3v) is 2.14. The Bertz CT molecular complexity index is 219. The zero-order valence-corrected chi connectivity index (χ0v) is 7.80. The molecular formula is C7H13F2N3O2. The van der Waals surface area contributed by atoms with Gasteiger partial charge in [-0.1, -0.05) is 0 Å². The number of carbonyl (C=O) groups is 1. The molecule has 5 nitrogen and oxygen atoms in total. The van der Waals surface area contributed by atoms with Crippen LogP contribution in [0.1, 0.15) is 0 Å². The Labute approximate surface area is 80.1 Å². The molecule has 1 aliphatic rings. The van der Waals surface area contributed by atoms with Gasteiger partial charge in [0.15, 0.2) is 0 Å². The molecule has 0 spiro atoms. The first-order valence-electron chi connectivity index (χ1n) is 4.13. The van der Waals surface area contributed by atoms with Crippen molar-refractivity contribution in [2.75, 3.05) is 26.7 Å². The number of amides is 1. The van der Waals surface area contributed by atoms with E-state index >= 15 is 0 Å². The topological polar surface area (TPSA) is 67.6 Å². The number of rotatable bonds is 4. The zero-order valence-electron chi connectivity index (χ0n) is 7.80. The molecule has 1 rings (SSSR count). The quantitative estimate of drug-likeness (QED) is 0.352. The predicted molar refractivity (Wildman–Crippen MR) is 44.5 cm³/mol. The lowest BCUT2D eigenvalue weighted by Crippen LogP contribution is -2.58. The standard InChI is InChI=1S/C7H13F2N3O2/c1-14-5-2-12(3-5)4-7(8,9)6(13)11-10/h5H,2-4,10H2,1H3,(H,11,13). The molecule has 3 N–H and O–H groups in total. The third kappa shape index (κ3) is 2.37. The molecule has 0 atom stereocenters. The second-order valence-electron chi connectivity index (χ2n) is 3.23. The molecule has 0 aromatic rings. The molecule has 1 saturated heterocycles. The minimum Gasteiger partial charge on any atom is -0.379 e. The van der Waals surface area contributed by atoms with Crippen molar-refractivity contribution in [2.24, 2.45) is 5.84 Å². The van der Waals surface area contributed by atoms with Crippen molar-refractivity contribution in [1.82, 2.24) is 10.3 Å². The minimum atomic E-state index is -3.44. The van der Waals surface area contributed by atoms with E-state index in [1.807, 2.05) is 0 Å². The summed E-state index contributed by atoms with van der Waals surface area (Å²) in [5.41, 5.74) is 1.44. The molecular weight excluding hydrogens is 196 g/mol. The SMILES string of the molecule is COC1CN(CC(F)(F)C(=O)NN)C1. The molecule has 0 aromatic carbocycles. The highest BCUT2D eigenvalue weighted by Crippen LogP contribution is 2.20. The van der Waals surface area contributed by atoms with Crippen molar-refractivity contribution in [3.8, 4) is 0 Å². The number of likely N-dealkylation sites (tertiary alicyclic amines) is 1. The lowest BCUT2D eigenvalue weighted by Gasteiger charge is -2.39. The van der Waals surface area contributed by atoms with E-state index in [-0.39, 0.29) is 6.10 Å². The number of nitrogens with two attached hydrogens (primary N) is 1. The van der Waals surface area contributed by atoms with Crippen molar-refractivity contribution < 1.29 is 18.3 Å². The monoisotopic (exact) mass is 209 g/mol. The summed E-state index contributed by atoms with van der Waals surface area (Å²) in [5, 5.41) is 0. The van der Waals surface area contributed by atoms with Crippen molar-refractivity contribution in [3.05, 3.63) is 0 Å². The second-order valence-corrected chi connectivity index (χ2v) is 3.23. The Balaban J connectivity index is 2.34. The summed E-state index contributed by atoms with van der Waals surface area (Å²) in [5.74, 6) is -0.273. The van der Waals surface area contributed by atoms with Crippen LogP contribution < -0.4 is 11.3 Å². The van der Waals surface area contributed by atoms with Crippen molar-refractivity contribution in [3.63, 3.8) is 0 Å². The summed E-state index contributed by atoms with van der Waals surface area (Å²) in [7, 11) is 1.52. The van der Waals surface area contributed by atoms with Crippen LogP contribution in [0.15, 0.2) is 0 Å². The van der Waals surface area contributed by atoms with E-state index in [4.69, 9.17) is 4.74 Å². The highest BCUT2D eigenvalue weighted by molar-refractivity contribution is 5.83. The van der Waals surface area contributed by atoms with E-state index in [0.29, 0.717) is 13.1 Å². The van der Waals surface area contributed by atoms with Gasteiger partial charge in [0.2, 0.25) is 0 Å². The second kappa shape index (κ2) is 4.16. The first-order valence-corrected chi connectivity index (χ1v) is 4.13. The summed E-state index contributed by atoms with van der Waals surface area (Å²) in [6, 6.07) is 0. The number of alkyl halides is 2. The predicted octanol–water partition coefficient (Wildman–Crippen LogP) is -1.06. The van der Waals surface area contributed by atoms with Gasteiger partial charge in [-0.05, 0) is 0 Å². The van der Waals surface area contributed by atoms with Gasteiger partial charge in [0.25, 0.3) is 0 Å². The number of hydrazine groups is 1. The van der Waals surface area contributed by atoms with Crippen LogP contribution in [0.2, 0.25) is 0 Å². The number of halogens is 2. The molecule has 1 aliphatic heterocycles. The van der Waals surface area contributed by atoms with Gasteiger partial charge in [0.1, 0.15) is 0 Å². The van der Waals surface area contributed by atoms with Gasteiger partial charge < -0.3 is 4.74 Å². The Hall–Kier alpha value is -0.790. The van der Waals surface area contributed by atoms with Crippen LogP contribution in [0.3, 0.4) is 0 Å². The van der Waals surface area contributed by atoms with Gasteiger partial charge in [0, 0.05) is 20.2 Å². The average molecular weight is 209 g/mol. The smallest absolute Gasteiger partial charge is 0.338 e. The molecule has 0 aliphatic carbocycles. The van der Waals surface area contributed by atoms with E-state index in [1.54, 1.807) is 0 Å². The fourth-order valence-corrected chi connectivity index (χ4v) is 1.26. The molecule has 14 heavy (non-hydrogen) atoms. The van der Waals surface area contributed by atoms with Gasteiger partial charge in [0.05, 0.1) is 12.6 Å². The first kappa shape index (κ1) is 11.3. The largest absolute Gasteiger partial charge is 0.379 e. The highest BCUT2D eigenvalue weighted by Gasteiger charge is 2.43. The minimum absolute atomic E-state index is 0.00765. The number of hydrogen-bond acceptors (Lipinski definition) is 4. The molecule has 7 heteroatoms. The molecule has 1 fully saturated rings. The number of carbonyl (C=O) groups excluding carboxylic acids is 1. The maximum Gasteiger partial charge on any atom is 0.338 e. The number of nitrogens with one attached hydrogen (secondary N) is 1. The summed E-state index contributed by atoms with van der Waals surface area (Å²) in [6.07, 6.45) is -0.00765. The zero-order chi connectivity index (χ0) is 10.8. The van der Waals surface area contributed by atoms with E-state index in [1.165, 1.54) is 17.4 Å². The van der Waals surface area contributed by atoms with E-state index in [9.17, 15) is 13.6 Å². The van der Waals surface area contributed by atoms with Crippen LogP contribution in [0.4, 0.5) is 8.78 Å². The van der Waals surface area contributed by atoms with E-state index < -0.39 is 18.4 Å². The fourth-order valence-electron chi connectivity index (χ4n) is 1.26.